The lowest BCUT2D eigenvalue weighted by atomic mass is 10.2. The number of hydrogen-bond donors (Lipinski definition) is 1. The molecule has 0 spiro atoms. The van der Waals surface area contributed by atoms with Crippen molar-refractivity contribution >= 4 is 5.69 Å². The lowest BCUT2D eigenvalue weighted by Gasteiger charge is -2.11. The largest absolute Gasteiger partial charge is 0.457 e. The first-order valence-corrected chi connectivity index (χ1v) is 5.65. The fraction of sp³-hybridized carbons (Fsp3) is 0.0714. The van der Waals surface area contributed by atoms with E-state index in [-0.39, 0.29) is 22.7 Å². The fourth-order valence-corrected chi connectivity index (χ4v) is 1.62. The Morgan fingerprint density at radius 3 is 2.29 bits per heavy atom. The third-order valence-electron chi connectivity index (χ3n) is 2.62. The first-order valence-electron chi connectivity index (χ1n) is 5.65. The molecule has 7 heteroatoms. The summed E-state index contributed by atoms with van der Waals surface area (Å²) in [5.41, 5.74) is 4.45. The van der Waals surface area contributed by atoms with E-state index in [9.17, 15) is 17.6 Å². The summed E-state index contributed by atoms with van der Waals surface area (Å²) >= 11 is 0. The van der Waals surface area contributed by atoms with Crippen molar-refractivity contribution in [2.24, 2.45) is 0 Å². The van der Waals surface area contributed by atoms with Crippen molar-refractivity contribution in [3.63, 3.8) is 0 Å². The number of ether oxygens (including phenoxy) is 1. The first kappa shape index (κ1) is 14.7. The summed E-state index contributed by atoms with van der Waals surface area (Å²) in [5, 5.41) is 8.81. The molecule has 108 valence electrons. The van der Waals surface area contributed by atoms with Gasteiger partial charge in [-0.1, -0.05) is 0 Å². The summed E-state index contributed by atoms with van der Waals surface area (Å²) in [6.45, 7) is 0. The van der Waals surface area contributed by atoms with Crippen LogP contribution in [0.15, 0.2) is 36.4 Å². The number of nitrogen functional groups attached to an aromatic ring is 1. The van der Waals surface area contributed by atoms with E-state index in [1.54, 1.807) is 0 Å². The number of hydrogen-bond acceptors (Lipinski definition) is 3. The van der Waals surface area contributed by atoms with Crippen molar-refractivity contribution in [2.45, 2.75) is 6.18 Å². The van der Waals surface area contributed by atoms with Crippen LogP contribution in [-0.2, 0) is 6.18 Å². The zero-order valence-electron chi connectivity index (χ0n) is 10.4. The number of anilines is 1. The highest BCUT2D eigenvalue weighted by Gasteiger charge is 2.34. The highest BCUT2D eigenvalue weighted by Crippen LogP contribution is 2.35. The van der Waals surface area contributed by atoms with E-state index in [0.717, 1.165) is 6.07 Å². The van der Waals surface area contributed by atoms with Gasteiger partial charge in [-0.05, 0) is 30.3 Å². The van der Waals surface area contributed by atoms with E-state index in [1.807, 2.05) is 6.07 Å². The Morgan fingerprint density at radius 2 is 1.67 bits per heavy atom. The van der Waals surface area contributed by atoms with Crippen molar-refractivity contribution in [1.82, 2.24) is 0 Å². The average molecular weight is 296 g/mol. The summed E-state index contributed by atoms with van der Waals surface area (Å²) in [5.74, 6) is -1.46. The Bertz CT molecular complexity index is 720. The van der Waals surface area contributed by atoms with Crippen LogP contribution < -0.4 is 10.5 Å². The van der Waals surface area contributed by atoms with E-state index in [4.69, 9.17) is 15.7 Å². The van der Waals surface area contributed by atoms with Gasteiger partial charge in [0.2, 0.25) is 0 Å². The maximum atomic E-state index is 13.1. The van der Waals surface area contributed by atoms with Crippen LogP contribution in [0, 0.1) is 17.1 Å². The monoisotopic (exact) mass is 296 g/mol. The molecule has 2 N–H and O–H groups in total. The highest BCUT2D eigenvalue weighted by molar-refractivity contribution is 5.57. The minimum absolute atomic E-state index is 0.125. The highest BCUT2D eigenvalue weighted by atomic mass is 19.4. The van der Waals surface area contributed by atoms with Crippen molar-refractivity contribution in [3.05, 3.63) is 53.3 Å². The van der Waals surface area contributed by atoms with Gasteiger partial charge in [0.1, 0.15) is 23.4 Å². The Kier molecular flexibility index (Phi) is 3.72. The standard InChI is InChI=1S/C14H8F4N2O/c15-12-3-1-10(6-11(12)14(16,17)18)21-9-2-4-13(20)8(5-9)7-19/h1-6H,20H2. The van der Waals surface area contributed by atoms with Gasteiger partial charge in [-0.25, -0.2) is 4.39 Å². The molecule has 2 aromatic carbocycles. The molecular formula is C14H8F4N2O. The molecule has 0 amide bonds. The SMILES string of the molecule is N#Cc1cc(Oc2ccc(F)c(C(F)(F)F)c2)ccc1N. The van der Waals surface area contributed by atoms with E-state index in [1.165, 1.54) is 18.2 Å². The van der Waals surface area contributed by atoms with Gasteiger partial charge in [-0.15, -0.1) is 0 Å². The number of nitrogens with two attached hydrogens (primary N) is 1. The first-order chi connectivity index (χ1) is 9.81. The number of nitriles is 1. The molecule has 0 aliphatic carbocycles. The number of halogens is 4. The van der Waals surface area contributed by atoms with Crippen LogP contribution in [0.5, 0.6) is 11.5 Å². The second kappa shape index (κ2) is 5.32. The van der Waals surface area contributed by atoms with Crippen LogP contribution in [0.4, 0.5) is 23.2 Å². The van der Waals surface area contributed by atoms with Crippen LogP contribution in [0.3, 0.4) is 0 Å². The summed E-state index contributed by atoms with van der Waals surface area (Å²) in [6.07, 6.45) is -4.82. The van der Waals surface area contributed by atoms with Gasteiger partial charge >= 0.3 is 6.18 Å². The van der Waals surface area contributed by atoms with Crippen molar-refractivity contribution in [3.8, 4) is 17.6 Å². The van der Waals surface area contributed by atoms with Gasteiger partial charge in [0.15, 0.2) is 0 Å². The maximum Gasteiger partial charge on any atom is 0.419 e. The average Bonchev–Trinajstić information content (AvgIpc) is 2.42. The Balaban J connectivity index is 2.35. The molecule has 2 aromatic rings. The van der Waals surface area contributed by atoms with Gasteiger partial charge in [0, 0.05) is 11.8 Å². The van der Waals surface area contributed by atoms with Crippen LogP contribution in [-0.4, -0.2) is 0 Å². The topological polar surface area (TPSA) is 59.0 Å². The Morgan fingerprint density at radius 1 is 1.05 bits per heavy atom. The van der Waals surface area contributed by atoms with Crippen LogP contribution in [0.2, 0.25) is 0 Å². The van der Waals surface area contributed by atoms with Crippen molar-refractivity contribution < 1.29 is 22.3 Å². The van der Waals surface area contributed by atoms with E-state index in [2.05, 4.69) is 0 Å². The predicted molar refractivity (Wildman–Crippen MR) is 67.0 cm³/mol. The maximum absolute atomic E-state index is 13.1. The zero-order valence-corrected chi connectivity index (χ0v) is 10.4. The van der Waals surface area contributed by atoms with Gasteiger partial charge < -0.3 is 10.5 Å². The van der Waals surface area contributed by atoms with Gasteiger partial charge in [0.05, 0.1) is 11.1 Å². The number of benzene rings is 2. The minimum atomic E-state index is -4.82. The number of nitrogens with zero attached hydrogens (tertiary/aromatic N) is 1. The fourth-order valence-electron chi connectivity index (χ4n) is 1.62. The van der Waals surface area contributed by atoms with Crippen molar-refractivity contribution in [1.29, 1.82) is 5.26 Å². The molecule has 0 aliphatic rings. The van der Waals surface area contributed by atoms with Crippen molar-refractivity contribution in [2.75, 3.05) is 5.73 Å². The van der Waals surface area contributed by atoms with Gasteiger partial charge in [-0.3, -0.25) is 0 Å². The normalized spacial score (nSPS) is 11.0. The van der Waals surface area contributed by atoms with E-state index < -0.39 is 17.6 Å². The molecule has 3 nitrogen and oxygen atoms in total. The lowest BCUT2D eigenvalue weighted by Crippen LogP contribution is -2.08. The van der Waals surface area contributed by atoms with Crippen LogP contribution >= 0.6 is 0 Å². The second-order valence-corrected chi connectivity index (χ2v) is 4.10. The summed E-state index contributed by atoms with van der Waals surface area (Å²) < 4.78 is 56.1. The Hall–Kier alpha value is -2.75. The molecule has 0 aliphatic heterocycles. The zero-order chi connectivity index (χ0) is 15.6. The predicted octanol–water partition coefficient (Wildman–Crippen LogP) is 4.09. The van der Waals surface area contributed by atoms with Crippen LogP contribution in [0.25, 0.3) is 0 Å². The molecule has 0 bridgehead atoms. The van der Waals surface area contributed by atoms with Gasteiger partial charge in [0.25, 0.3) is 0 Å². The quantitative estimate of drug-likeness (QED) is 0.670. The number of rotatable bonds is 2. The van der Waals surface area contributed by atoms with E-state index in [0.29, 0.717) is 12.1 Å². The van der Waals surface area contributed by atoms with Gasteiger partial charge in [-0.2, -0.15) is 18.4 Å². The second-order valence-electron chi connectivity index (χ2n) is 4.10. The molecule has 0 unspecified atom stereocenters. The molecule has 2 rings (SSSR count). The molecule has 0 aromatic heterocycles. The molecule has 0 saturated carbocycles. The third-order valence-corrected chi connectivity index (χ3v) is 2.62. The molecule has 0 heterocycles. The molecule has 0 saturated heterocycles. The molecule has 0 atom stereocenters. The molecule has 0 radical (unpaired) electrons. The molecule has 21 heavy (non-hydrogen) atoms. The summed E-state index contributed by atoms with van der Waals surface area (Å²) in [7, 11) is 0. The minimum Gasteiger partial charge on any atom is -0.457 e. The molecular weight excluding hydrogens is 288 g/mol. The summed E-state index contributed by atoms with van der Waals surface area (Å²) in [6, 6.07) is 8.17. The number of alkyl halides is 3. The lowest BCUT2D eigenvalue weighted by molar-refractivity contribution is -0.140. The molecule has 0 fully saturated rings. The van der Waals surface area contributed by atoms with E-state index >= 15 is 0 Å². The third kappa shape index (κ3) is 3.23. The van der Waals surface area contributed by atoms with Crippen LogP contribution in [0.1, 0.15) is 11.1 Å². The summed E-state index contributed by atoms with van der Waals surface area (Å²) in [4.78, 5) is 0. The Labute approximate surface area is 117 Å². The smallest absolute Gasteiger partial charge is 0.419 e.